The molecule has 0 radical (unpaired) electrons. The van der Waals surface area contributed by atoms with Crippen molar-refractivity contribution in [2.24, 2.45) is 5.92 Å². The molecule has 0 spiro atoms. The molecule has 1 aromatic heterocycles. The quantitative estimate of drug-likeness (QED) is 0.362. The van der Waals surface area contributed by atoms with Crippen LogP contribution in [0, 0.1) is 12.8 Å². The van der Waals surface area contributed by atoms with E-state index in [0.717, 1.165) is 6.54 Å². The summed E-state index contributed by atoms with van der Waals surface area (Å²) in [6.07, 6.45) is 0.702. The number of nitrogens with one attached hydrogen (secondary N) is 1. The second-order valence-corrected chi connectivity index (χ2v) is 8.39. The van der Waals surface area contributed by atoms with E-state index in [4.69, 9.17) is 20.8 Å². The van der Waals surface area contributed by atoms with Crippen LogP contribution in [0.4, 0.5) is 0 Å². The molecular weight excluding hydrogens is 420 g/mol. The molecule has 1 amide bonds. The summed E-state index contributed by atoms with van der Waals surface area (Å²) in [7, 11) is 4.04. The van der Waals surface area contributed by atoms with E-state index in [9.17, 15) is 14.4 Å². The minimum atomic E-state index is -1.18. The van der Waals surface area contributed by atoms with Crippen LogP contribution >= 0.6 is 11.6 Å². The Balaban J connectivity index is 1.96. The summed E-state index contributed by atoms with van der Waals surface area (Å²) in [5, 5.41) is 0.278. The molecule has 3 rings (SSSR count). The summed E-state index contributed by atoms with van der Waals surface area (Å²) in [6.45, 7) is 5.25. The van der Waals surface area contributed by atoms with Crippen LogP contribution in [0.15, 0.2) is 34.7 Å². The van der Waals surface area contributed by atoms with Gasteiger partial charge in [0.2, 0.25) is 5.78 Å². The lowest BCUT2D eigenvalue weighted by Gasteiger charge is -2.25. The van der Waals surface area contributed by atoms with Crippen LogP contribution in [0.25, 0.3) is 0 Å². The Morgan fingerprint density at radius 1 is 1.23 bits per heavy atom. The lowest BCUT2D eigenvalue weighted by molar-refractivity contribution is -0.858. The molecule has 1 fully saturated rings. The van der Waals surface area contributed by atoms with Gasteiger partial charge >= 0.3 is 0 Å². The zero-order valence-corrected chi connectivity index (χ0v) is 19.0. The second kappa shape index (κ2) is 9.66. The largest absolute Gasteiger partial charge is 0.492 e. The van der Waals surface area contributed by atoms with Gasteiger partial charge < -0.3 is 19.0 Å². The number of hydrogen-bond donors (Lipinski definition) is 1. The molecule has 2 unspecified atom stereocenters. The van der Waals surface area contributed by atoms with Gasteiger partial charge in [-0.25, -0.2) is 0 Å². The highest BCUT2D eigenvalue weighted by Gasteiger charge is 2.52. The van der Waals surface area contributed by atoms with Crippen LogP contribution in [0.5, 0.6) is 5.75 Å². The van der Waals surface area contributed by atoms with Gasteiger partial charge in [-0.15, -0.1) is 0 Å². The molecular formula is C23H28ClN2O5+. The summed E-state index contributed by atoms with van der Waals surface area (Å²) in [4.78, 5) is 41.9. The van der Waals surface area contributed by atoms with Crippen molar-refractivity contribution in [1.29, 1.82) is 0 Å². The highest BCUT2D eigenvalue weighted by Crippen LogP contribution is 2.39. The molecule has 0 saturated carbocycles. The van der Waals surface area contributed by atoms with Crippen LogP contribution in [0.3, 0.4) is 0 Å². The Hall–Kier alpha value is -2.64. The van der Waals surface area contributed by atoms with Gasteiger partial charge in [-0.3, -0.25) is 14.4 Å². The van der Waals surface area contributed by atoms with Gasteiger partial charge in [0.25, 0.3) is 5.91 Å². The molecule has 31 heavy (non-hydrogen) atoms. The van der Waals surface area contributed by atoms with E-state index in [1.165, 1.54) is 15.9 Å². The highest BCUT2D eigenvalue weighted by molar-refractivity contribution is 6.44. The maximum atomic E-state index is 13.4. The minimum Gasteiger partial charge on any atom is -0.492 e. The average molecular weight is 448 g/mol. The monoisotopic (exact) mass is 447 g/mol. The number of ether oxygens (including phenoxy) is 1. The molecule has 2 heterocycles. The number of carbonyl (C=O) groups is 3. The van der Waals surface area contributed by atoms with E-state index >= 15 is 0 Å². The zero-order valence-electron chi connectivity index (χ0n) is 18.2. The number of carbonyl (C=O) groups excluding carboxylic acids is 3. The summed E-state index contributed by atoms with van der Waals surface area (Å²) in [5.74, 6) is -1.46. The Labute approximate surface area is 186 Å². The van der Waals surface area contributed by atoms with Crippen molar-refractivity contribution in [3.63, 3.8) is 0 Å². The molecule has 2 atom stereocenters. The maximum absolute atomic E-state index is 13.4. The van der Waals surface area contributed by atoms with Gasteiger partial charge in [-0.05, 0) is 44.2 Å². The summed E-state index contributed by atoms with van der Waals surface area (Å²) in [6, 6.07) is 7.36. The van der Waals surface area contributed by atoms with E-state index in [2.05, 4.69) is 0 Å². The van der Waals surface area contributed by atoms with E-state index in [-0.39, 0.29) is 10.6 Å². The molecule has 0 aliphatic carbocycles. The molecule has 166 valence electrons. The Morgan fingerprint density at radius 2 is 1.97 bits per heavy atom. The van der Waals surface area contributed by atoms with E-state index in [1.807, 2.05) is 21.0 Å². The van der Waals surface area contributed by atoms with Crippen LogP contribution in [-0.2, 0) is 9.59 Å². The number of halogens is 1. The SMILES string of the molecule is CCOc1ccc(C(=O)C2C(=O)C(=O)N(CCC[NH+](C)C)C2c2ccc(C)o2)cc1Cl. The minimum absolute atomic E-state index is 0.257. The first kappa shape index (κ1) is 23.0. The van der Waals surface area contributed by atoms with Crippen molar-refractivity contribution in [3.8, 4) is 5.75 Å². The van der Waals surface area contributed by atoms with Gasteiger partial charge in [-0.1, -0.05) is 11.6 Å². The summed E-state index contributed by atoms with van der Waals surface area (Å²) >= 11 is 6.25. The molecule has 1 aliphatic heterocycles. The van der Waals surface area contributed by atoms with Crippen LogP contribution < -0.4 is 9.64 Å². The van der Waals surface area contributed by atoms with E-state index in [0.29, 0.717) is 36.8 Å². The van der Waals surface area contributed by atoms with Crippen LogP contribution in [-0.4, -0.2) is 56.2 Å². The molecule has 1 aromatic carbocycles. The number of amides is 1. The van der Waals surface area contributed by atoms with Gasteiger partial charge in [0, 0.05) is 18.5 Å². The third-order valence-corrected chi connectivity index (χ3v) is 5.63. The van der Waals surface area contributed by atoms with Gasteiger partial charge in [-0.2, -0.15) is 0 Å². The van der Waals surface area contributed by atoms with Crippen molar-refractivity contribution >= 4 is 29.1 Å². The third-order valence-electron chi connectivity index (χ3n) is 5.33. The Bertz CT molecular complexity index is 984. The number of benzene rings is 1. The molecule has 8 heteroatoms. The fraction of sp³-hybridized carbons (Fsp3) is 0.435. The molecule has 7 nitrogen and oxygen atoms in total. The number of furan rings is 1. The fourth-order valence-corrected chi connectivity index (χ4v) is 4.10. The van der Waals surface area contributed by atoms with Crippen molar-refractivity contribution in [1.82, 2.24) is 4.90 Å². The average Bonchev–Trinajstić information content (AvgIpc) is 3.25. The smallest absolute Gasteiger partial charge is 0.291 e. The van der Waals surface area contributed by atoms with E-state index < -0.39 is 29.4 Å². The number of rotatable bonds is 9. The molecule has 1 N–H and O–H groups in total. The zero-order chi connectivity index (χ0) is 22.7. The Morgan fingerprint density at radius 3 is 2.55 bits per heavy atom. The number of Topliss-reactive ketones (excluding diaryl/α,β-unsaturated/α-hetero) is 2. The third kappa shape index (κ3) is 4.83. The predicted molar refractivity (Wildman–Crippen MR) is 116 cm³/mol. The number of quaternary nitrogens is 1. The number of hydrogen-bond acceptors (Lipinski definition) is 5. The van der Waals surface area contributed by atoms with Gasteiger partial charge in [0.15, 0.2) is 5.78 Å². The lowest BCUT2D eigenvalue weighted by Crippen LogP contribution is -3.05. The number of aryl methyl sites for hydroxylation is 1. The maximum Gasteiger partial charge on any atom is 0.291 e. The Kier molecular flexibility index (Phi) is 7.18. The number of nitrogens with zero attached hydrogens (tertiary/aromatic N) is 1. The molecule has 2 aromatic rings. The van der Waals surface area contributed by atoms with Gasteiger partial charge in [0.1, 0.15) is 29.2 Å². The molecule has 1 aliphatic rings. The van der Waals surface area contributed by atoms with Gasteiger partial charge in [0.05, 0.1) is 32.3 Å². The lowest BCUT2D eigenvalue weighted by atomic mass is 9.88. The van der Waals surface area contributed by atoms with Crippen LogP contribution in [0.2, 0.25) is 5.02 Å². The van der Waals surface area contributed by atoms with Crippen molar-refractivity contribution in [2.75, 3.05) is 33.8 Å². The van der Waals surface area contributed by atoms with Crippen molar-refractivity contribution < 1.29 is 28.4 Å². The summed E-state index contributed by atoms with van der Waals surface area (Å²) < 4.78 is 11.2. The second-order valence-electron chi connectivity index (χ2n) is 7.99. The van der Waals surface area contributed by atoms with Crippen LogP contribution in [0.1, 0.15) is 41.3 Å². The topological polar surface area (TPSA) is 81.3 Å². The van der Waals surface area contributed by atoms with Crippen molar-refractivity contribution in [2.45, 2.75) is 26.3 Å². The normalized spacial score (nSPS) is 18.8. The predicted octanol–water partition coefficient (Wildman–Crippen LogP) is 2.13. The first-order chi connectivity index (χ1) is 14.7. The first-order valence-corrected chi connectivity index (χ1v) is 10.8. The molecule has 0 bridgehead atoms. The first-order valence-electron chi connectivity index (χ1n) is 10.4. The standard InChI is InChI=1S/C23H27ClN2O5/c1-5-30-17-10-8-15(13-16(17)24)21(27)19-20(18-9-7-14(2)31-18)26(23(29)22(19)28)12-6-11-25(3)4/h7-10,13,19-20H,5-6,11-12H2,1-4H3/p+1. The van der Waals surface area contributed by atoms with E-state index in [1.54, 1.807) is 31.2 Å². The summed E-state index contributed by atoms with van der Waals surface area (Å²) in [5.41, 5.74) is 0.257. The number of ketones is 2. The highest BCUT2D eigenvalue weighted by atomic mass is 35.5. The van der Waals surface area contributed by atoms with Crippen molar-refractivity contribution in [3.05, 3.63) is 52.4 Å². The fourth-order valence-electron chi connectivity index (χ4n) is 3.87. The number of likely N-dealkylation sites (tertiary alicyclic amines) is 1. The molecule has 1 saturated heterocycles.